The standard InChI is InChI=1S/C7H10F3NO2/c1-2-3-11(4-6(12)13)5-7(8,9)10/h2H,1,3-5H2,(H,12,13). The van der Waals surface area contributed by atoms with Gasteiger partial charge in [-0.25, -0.2) is 0 Å². The van der Waals surface area contributed by atoms with Gasteiger partial charge in [0.15, 0.2) is 0 Å². The number of nitrogens with zero attached hydrogens (tertiary/aromatic N) is 1. The molecule has 0 aliphatic heterocycles. The van der Waals surface area contributed by atoms with Gasteiger partial charge in [0.05, 0.1) is 13.1 Å². The summed E-state index contributed by atoms with van der Waals surface area (Å²) in [4.78, 5) is 10.9. The molecule has 13 heavy (non-hydrogen) atoms. The summed E-state index contributed by atoms with van der Waals surface area (Å²) in [5, 5.41) is 8.26. The molecule has 76 valence electrons. The molecule has 6 heteroatoms. The van der Waals surface area contributed by atoms with Gasteiger partial charge in [0.2, 0.25) is 0 Å². The number of aliphatic carboxylic acids is 1. The van der Waals surface area contributed by atoms with Gasteiger partial charge in [-0.15, -0.1) is 6.58 Å². The quantitative estimate of drug-likeness (QED) is 0.671. The number of alkyl halides is 3. The summed E-state index contributed by atoms with van der Waals surface area (Å²) >= 11 is 0. The second-order valence-corrected chi connectivity index (χ2v) is 2.47. The molecule has 0 saturated heterocycles. The van der Waals surface area contributed by atoms with E-state index in [9.17, 15) is 18.0 Å². The third kappa shape index (κ3) is 7.32. The van der Waals surface area contributed by atoms with Crippen molar-refractivity contribution in [2.24, 2.45) is 0 Å². The van der Waals surface area contributed by atoms with Crippen molar-refractivity contribution in [1.82, 2.24) is 4.90 Å². The molecule has 0 atom stereocenters. The van der Waals surface area contributed by atoms with Gasteiger partial charge in [-0.3, -0.25) is 9.69 Å². The van der Waals surface area contributed by atoms with Gasteiger partial charge in [0, 0.05) is 6.54 Å². The van der Waals surface area contributed by atoms with E-state index in [0.717, 1.165) is 4.90 Å². The van der Waals surface area contributed by atoms with Crippen molar-refractivity contribution < 1.29 is 23.1 Å². The van der Waals surface area contributed by atoms with Crippen molar-refractivity contribution >= 4 is 5.97 Å². The molecule has 0 aromatic carbocycles. The van der Waals surface area contributed by atoms with Gasteiger partial charge in [-0.2, -0.15) is 13.2 Å². The van der Waals surface area contributed by atoms with Crippen LogP contribution >= 0.6 is 0 Å². The first-order chi connectivity index (χ1) is 5.85. The van der Waals surface area contributed by atoms with Crippen molar-refractivity contribution in [3.63, 3.8) is 0 Å². The van der Waals surface area contributed by atoms with Crippen molar-refractivity contribution in [1.29, 1.82) is 0 Å². The number of hydrogen-bond acceptors (Lipinski definition) is 2. The normalized spacial score (nSPS) is 11.7. The second-order valence-electron chi connectivity index (χ2n) is 2.47. The first-order valence-electron chi connectivity index (χ1n) is 3.47. The molecule has 0 radical (unpaired) electrons. The molecule has 0 aliphatic rings. The number of rotatable bonds is 5. The summed E-state index contributed by atoms with van der Waals surface area (Å²) < 4.78 is 35.4. The van der Waals surface area contributed by atoms with E-state index in [1.165, 1.54) is 6.08 Å². The van der Waals surface area contributed by atoms with Gasteiger partial charge < -0.3 is 5.11 Å². The van der Waals surface area contributed by atoms with E-state index in [4.69, 9.17) is 5.11 Å². The highest BCUT2D eigenvalue weighted by Crippen LogP contribution is 2.15. The Hall–Kier alpha value is -1.04. The van der Waals surface area contributed by atoms with Crippen LogP contribution in [0.15, 0.2) is 12.7 Å². The molecule has 0 aliphatic carbocycles. The van der Waals surface area contributed by atoms with E-state index in [1.807, 2.05) is 0 Å². The van der Waals surface area contributed by atoms with E-state index in [2.05, 4.69) is 6.58 Å². The van der Waals surface area contributed by atoms with E-state index in [1.54, 1.807) is 0 Å². The van der Waals surface area contributed by atoms with Crippen LogP contribution in [0.1, 0.15) is 0 Å². The fraction of sp³-hybridized carbons (Fsp3) is 0.571. The van der Waals surface area contributed by atoms with Crippen LogP contribution in [-0.2, 0) is 4.79 Å². The Bertz CT molecular complexity index is 191. The van der Waals surface area contributed by atoms with Crippen molar-refractivity contribution in [3.8, 4) is 0 Å². The SMILES string of the molecule is C=CCN(CC(=O)O)CC(F)(F)F. The third-order valence-electron chi connectivity index (χ3n) is 1.15. The molecule has 0 aromatic rings. The van der Waals surface area contributed by atoms with Crippen LogP contribution in [0.3, 0.4) is 0 Å². The molecular weight excluding hydrogens is 187 g/mol. The lowest BCUT2D eigenvalue weighted by Crippen LogP contribution is -2.37. The molecule has 0 bridgehead atoms. The van der Waals surface area contributed by atoms with Gasteiger partial charge >= 0.3 is 12.1 Å². The molecule has 3 nitrogen and oxygen atoms in total. The third-order valence-corrected chi connectivity index (χ3v) is 1.15. The minimum absolute atomic E-state index is 0.0915. The summed E-state index contributed by atoms with van der Waals surface area (Å²) in [7, 11) is 0. The van der Waals surface area contributed by atoms with Gasteiger partial charge in [0.25, 0.3) is 0 Å². The van der Waals surface area contributed by atoms with Crippen LogP contribution in [-0.4, -0.2) is 41.8 Å². The Morgan fingerprint density at radius 3 is 2.38 bits per heavy atom. The molecule has 0 saturated carbocycles. The lowest BCUT2D eigenvalue weighted by Gasteiger charge is -2.19. The molecule has 0 unspecified atom stereocenters. The predicted octanol–water partition coefficient (Wildman–Crippen LogP) is 1.12. The van der Waals surface area contributed by atoms with Crippen molar-refractivity contribution in [2.45, 2.75) is 6.18 Å². The number of carboxylic acid groups (broad SMARTS) is 1. The highest BCUT2D eigenvalue weighted by molar-refractivity contribution is 5.69. The first-order valence-corrected chi connectivity index (χ1v) is 3.47. The molecule has 0 heterocycles. The topological polar surface area (TPSA) is 40.5 Å². The summed E-state index contributed by atoms with van der Waals surface area (Å²) in [6.07, 6.45) is -3.15. The Kier molecular flexibility index (Phi) is 4.47. The molecule has 0 fully saturated rings. The average molecular weight is 197 g/mol. The van der Waals surface area contributed by atoms with E-state index >= 15 is 0 Å². The van der Waals surface area contributed by atoms with Gasteiger partial charge in [0.1, 0.15) is 0 Å². The Morgan fingerprint density at radius 2 is 2.08 bits per heavy atom. The number of hydrogen-bond donors (Lipinski definition) is 1. The summed E-state index contributed by atoms with van der Waals surface area (Å²) in [6, 6.07) is 0. The largest absolute Gasteiger partial charge is 0.480 e. The number of carbonyl (C=O) groups is 1. The van der Waals surface area contributed by atoms with Crippen LogP contribution in [0.2, 0.25) is 0 Å². The molecule has 1 N–H and O–H groups in total. The molecule has 0 aromatic heterocycles. The fourth-order valence-electron chi connectivity index (χ4n) is 0.812. The maximum Gasteiger partial charge on any atom is 0.401 e. The maximum atomic E-state index is 11.8. The average Bonchev–Trinajstić information content (AvgIpc) is 1.81. The summed E-state index contributed by atoms with van der Waals surface area (Å²) in [6.45, 7) is 1.28. The molecule has 0 rings (SSSR count). The van der Waals surface area contributed by atoms with Gasteiger partial charge in [-0.05, 0) is 0 Å². The Labute approximate surface area is 73.5 Å². The zero-order valence-electron chi connectivity index (χ0n) is 6.84. The van der Waals surface area contributed by atoms with Crippen LogP contribution in [0.25, 0.3) is 0 Å². The first kappa shape index (κ1) is 12.0. The monoisotopic (exact) mass is 197 g/mol. The van der Waals surface area contributed by atoms with Crippen LogP contribution in [0, 0.1) is 0 Å². The van der Waals surface area contributed by atoms with Crippen molar-refractivity contribution in [2.75, 3.05) is 19.6 Å². The lowest BCUT2D eigenvalue weighted by atomic mass is 10.4. The lowest BCUT2D eigenvalue weighted by molar-refractivity contribution is -0.152. The van der Waals surface area contributed by atoms with E-state index in [0.29, 0.717) is 0 Å². The van der Waals surface area contributed by atoms with Crippen LogP contribution in [0.5, 0.6) is 0 Å². The Morgan fingerprint density at radius 1 is 1.54 bits per heavy atom. The summed E-state index contributed by atoms with van der Waals surface area (Å²) in [5.74, 6) is -1.29. The summed E-state index contributed by atoms with van der Waals surface area (Å²) in [5.41, 5.74) is 0. The zero-order valence-corrected chi connectivity index (χ0v) is 6.84. The molecule has 0 amide bonds. The highest BCUT2D eigenvalue weighted by atomic mass is 19.4. The van der Waals surface area contributed by atoms with Gasteiger partial charge in [-0.1, -0.05) is 6.08 Å². The van der Waals surface area contributed by atoms with Crippen LogP contribution in [0.4, 0.5) is 13.2 Å². The molecule has 0 spiro atoms. The highest BCUT2D eigenvalue weighted by Gasteiger charge is 2.30. The minimum atomic E-state index is -4.38. The maximum absolute atomic E-state index is 11.8. The molecular formula is C7H10F3NO2. The number of halogens is 3. The minimum Gasteiger partial charge on any atom is -0.480 e. The van der Waals surface area contributed by atoms with E-state index < -0.39 is 25.2 Å². The fourth-order valence-corrected chi connectivity index (χ4v) is 0.812. The second kappa shape index (κ2) is 4.86. The number of carboxylic acids is 1. The zero-order chi connectivity index (χ0) is 10.5. The van der Waals surface area contributed by atoms with Crippen molar-refractivity contribution in [3.05, 3.63) is 12.7 Å². The Balaban J connectivity index is 4.09. The predicted molar refractivity (Wildman–Crippen MR) is 40.3 cm³/mol. The van der Waals surface area contributed by atoms with Crippen LogP contribution < -0.4 is 0 Å². The van der Waals surface area contributed by atoms with E-state index in [-0.39, 0.29) is 6.54 Å². The smallest absolute Gasteiger partial charge is 0.401 e.